The second-order valence-corrected chi connectivity index (χ2v) is 7.05. The Bertz CT molecular complexity index is 1130. The lowest BCUT2D eigenvalue weighted by molar-refractivity contribution is -0.0813. The molecule has 8 heteroatoms. The van der Waals surface area contributed by atoms with Gasteiger partial charge in [0.1, 0.15) is 29.6 Å². The molecule has 2 aromatic carbocycles. The fourth-order valence-electron chi connectivity index (χ4n) is 3.03. The first-order chi connectivity index (χ1) is 15.8. The van der Waals surface area contributed by atoms with E-state index >= 15 is 0 Å². The molecule has 0 aliphatic heterocycles. The SMILES string of the molecule is CCc1ccc(O/C(=C\C(F)(F)F)C(=NC)c2ccc(OCc3ccncc3)cc2O)cc1. The highest BCUT2D eigenvalue weighted by Crippen LogP contribution is 2.30. The Balaban J connectivity index is 1.87. The van der Waals surface area contributed by atoms with Crippen LogP contribution in [0.3, 0.4) is 0 Å². The number of pyridine rings is 1. The van der Waals surface area contributed by atoms with Gasteiger partial charge in [-0.1, -0.05) is 19.1 Å². The summed E-state index contributed by atoms with van der Waals surface area (Å²) in [5.41, 5.74) is 1.83. The number of hydrogen-bond donors (Lipinski definition) is 1. The Morgan fingerprint density at radius 1 is 1.00 bits per heavy atom. The first kappa shape index (κ1) is 23.8. The van der Waals surface area contributed by atoms with E-state index < -0.39 is 11.9 Å². The topological polar surface area (TPSA) is 63.9 Å². The zero-order valence-electron chi connectivity index (χ0n) is 18.1. The van der Waals surface area contributed by atoms with Crippen LogP contribution in [0.25, 0.3) is 0 Å². The molecule has 0 amide bonds. The summed E-state index contributed by atoms with van der Waals surface area (Å²) in [6.07, 6.45) is -0.577. The van der Waals surface area contributed by atoms with E-state index in [2.05, 4.69) is 9.98 Å². The van der Waals surface area contributed by atoms with Gasteiger partial charge in [0.25, 0.3) is 0 Å². The molecule has 1 heterocycles. The van der Waals surface area contributed by atoms with Crippen LogP contribution in [0.2, 0.25) is 0 Å². The molecule has 0 aliphatic rings. The van der Waals surface area contributed by atoms with Gasteiger partial charge in [-0.3, -0.25) is 9.98 Å². The van der Waals surface area contributed by atoms with E-state index in [1.807, 2.05) is 6.92 Å². The minimum absolute atomic E-state index is 0.0242. The van der Waals surface area contributed by atoms with Crippen molar-refractivity contribution in [3.8, 4) is 17.2 Å². The number of aromatic hydroxyl groups is 1. The van der Waals surface area contributed by atoms with Gasteiger partial charge in [0.05, 0.1) is 6.08 Å². The maximum absolute atomic E-state index is 13.3. The standard InChI is InChI=1S/C25H23F3N2O3/c1-3-17-4-6-19(7-5-17)33-23(15-25(26,27)28)24(29-2)21-9-8-20(14-22(21)31)32-16-18-10-12-30-13-11-18/h4-15,31H,3,16H2,1-2H3/b23-15-,29-24?. The van der Waals surface area contributed by atoms with Gasteiger partial charge in [-0.25, -0.2) is 0 Å². The predicted octanol–water partition coefficient (Wildman–Crippen LogP) is 5.87. The number of ether oxygens (including phenoxy) is 2. The molecule has 172 valence electrons. The van der Waals surface area contributed by atoms with Crippen molar-refractivity contribution in [2.45, 2.75) is 26.1 Å². The van der Waals surface area contributed by atoms with E-state index in [9.17, 15) is 18.3 Å². The number of phenols is 1. The number of halogens is 3. The highest BCUT2D eigenvalue weighted by atomic mass is 19.4. The summed E-state index contributed by atoms with van der Waals surface area (Å²) in [5, 5.41) is 10.5. The molecule has 0 fully saturated rings. The third-order valence-electron chi connectivity index (χ3n) is 4.69. The Kier molecular flexibility index (Phi) is 7.71. The molecule has 3 aromatic rings. The Morgan fingerprint density at radius 2 is 1.67 bits per heavy atom. The number of allylic oxidation sites excluding steroid dienone is 2. The average molecular weight is 456 g/mol. The monoisotopic (exact) mass is 456 g/mol. The summed E-state index contributed by atoms with van der Waals surface area (Å²) < 4.78 is 51.0. The number of alkyl halides is 3. The molecule has 1 aromatic heterocycles. The first-order valence-electron chi connectivity index (χ1n) is 10.2. The molecular weight excluding hydrogens is 433 g/mol. The molecule has 0 atom stereocenters. The van der Waals surface area contributed by atoms with Crippen LogP contribution in [0.4, 0.5) is 13.2 Å². The second kappa shape index (κ2) is 10.7. The van der Waals surface area contributed by atoms with Gasteiger partial charge in [0, 0.05) is 31.1 Å². The van der Waals surface area contributed by atoms with Crippen molar-refractivity contribution < 1.29 is 27.8 Å². The van der Waals surface area contributed by atoms with Gasteiger partial charge in [0.15, 0.2) is 5.76 Å². The van der Waals surface area contributed by atoms with Crippen molar-refractivity contribution >= 4 is 5.71 Å². The van der Waals surface area contributed by atoms with Crippen LogP contribution in [0.1, 0.15) is 23.6 Å². The molecule has 0 bridgehead atoms. The molecule has 1 N–H and O–H groups in total. The van der Waals surface area contributed by atoms with E-state index in [0.29, 0.717) is 5.75 Å². The lowest BCUT2D eigenvalue weighted by atomic mass is 10.1. The summed E-state index contributed by atoms with van der Waals surface area (Å²) in [4.78, 5) is 7.90. The van der Waals surface area contributed by atoms with Crippen molar-refractivity contribution in [1.82, 2.24) is 4.98 Å². The molecule has 0 saturated carbocycles. The lowest BCUT2D eigenvalue weighted by Gasteiger charge is -2.16. The smallest absolute Gasteiger partial charge is 0.413 e. The van der Waals surface area contributed by atoms with E-state index in [1.165, 1.54) is 19.2 Å². The van der Waals surface area contributed by atoms with Gasteiger partial charge >= 0.3 is 6.18 Å². The van der Waals surface area contributed by atoms with E-state index in [0.717, 1.165) is 17.5 Å². The summed E-state index contributed by atoms with van der Waals surface area (Å²) in [6.45, 7) is 2.21. The fraction of sp³-hybridized carbons (Fsp3) is 0.200. The maximum Gasteiger partial charge on any atom is 0.413 e. The highest BCUT2D eigenvalue weighted by Gasteiger charge is 2.29. The number of aromatic nitrogens is 1. The number of hydrogen-bond acceptors (Lipinski definition) is 5. The van der Waals surface area contributed by atoms with Crippen molar-refractivity contribution in [2.75, 3.05) is 7.05 Å². The maximum atomic E-state index is 13.3. The Labute approximate surface area is 189 Å². The van der Waals surface area contributed by atoms with E-state index in [4.69, 9.17) is 9.47 Å². The Morgan fingerprint density at radius 3 is 2.24 bits per heavy atom. The quantitative estimate of drug-likeness (QED) is 0.340. The minimum atomic E-state index is -4.65. The van der Waals surface area contributed by atoms with E-state index in [-0.39, 0.29) is 35.5 Å². The van der Waals surface area contributed by atoms with Crippen LogP contribution in [0.5, 0.6) is 17.2 Å². The molecule has 5 nitrogen and oxygen atoms in total. The molecule has 0 saturated heterocycles. The van der Waals surface area contributed by atoms with Crippen LogP contribution >= 0.6 is 0 Å². The van der Waals surface area contributed by atoms with Crippen LogP contribution < -0.4 is 9.47 Å². The number of aliphatic imine (C=N–C) groups is 1. The molecule has 3 rings (SSSR count). The van der Waals surface area contributed by atoms with Crippen LogP contribution in [-0.4, -0.2) is 29.0 Å². The van der Waals surface area contributed by atoms with Crippen molar-refractivity contribution in [2.24, 2.45) is 4.99 Å². The van der Waals surface area contributed by atoms with Gasteiger partial charge in [-0.2, -0.15) is 13.2 Å². The lowest BCUT2D eigenvalue weighted by Crippen LogP contribution is -2.16. The minimum Gasteiger partial charge on any atom is -0.507 e. The third kappa shape index (κ3) is 6.83. The van der Waals surface area contributed by atoms with Gasteiger partial charge in [-0.05, 0) is 53.9 Å². The zero-order valence-corrected chi connectivity index (χ0v) is 18.1. The fourth-order valence-corrected chi connectivity index (χ4v) is 3.03. The van der Waals surface area contributed by atoms with Crippen LogP contribution in [-0.2, 0) is 13.0 Å². The highest BCUT2D eigenvalue weighted by molar-refractivity contribution is 6.13. The number of nitrogens with zero attached hydrogens (tertiary/aromatic N) is 2. The number of rotatable bonds is 8. The largest absolute Gasteiger partial charge is 0.507 e. The van der Waals surface area contributed by atoms with Crippen LogP contribution in [0, 0.1) is 0 Å². The van der Waals surface area contributed by atoms with Crippen molar-refractivity contribution in [1.29, 1.82) is 0 Å². The number of aryl methyl sites for hydroxylation is 1. The van der Waals surface area contributed by atoms with Gasteiger partial charge < -0.3 is 14.6 Å². The molecular formula is C25H23F3N2O3. The second-order valence-electron chi connectivity index (χ2n) is 7.05. The third-order valence-corrected chi connectivity index (χ3v) is 4.69. The first-order valence-corrected chi connectivity index (χ1v) is 10.2. The van der Waals surface area contributed by atoms with Gasteiger partial charge in [-0.15, -0.1) is 0 Å². The summed E-state index contributed by atoms with van der Waals surface area (Å²) in [7, 11) is 1.33. The number of phenolic OH excluding ortho intramolecular Hbond substituents is 1. The van der Waals surface area contributed by atoms with Gasteiger partial charge in [0.2, 0.25) is 0 Å². The molecule has 0 aliphatic carbocycles. The summed E-state index contributed by atoms with van der Waals surface area (Å²) in [6, 6.07) is 14.6. The van der Waals surface area contributed by atoms with Crippen molar-refractivity contribution in [3.05, 3.63) is 95.5 Å². The van der Waals surface area contributed by atoms with E-state index in [1.54, 1.807) is 54.9 Å². The zero-order chi connectivity index (χ0) is 23.8. The summed E-state index contributed by atoms with van der Waals surface area (Å²) in [5.74, 6) is -0.252. The predicted molar refractivity (Wildman–Crippen MR) is 120 cm³/mol. The molecule has 0 spiro atoms. The van der Waals surface area contributed by atoms with Crippen LogP contribution in [0.15, 0.2) is 83.8 Å². The normalized spacial score (nSPS) is 12.5. The Hall–Kier alpha value is -3.81. The molecule has 0 unspecified atom stereocenters. The molecule has 0 radical (unpaired) electrons. The number of benzene rings is 2. The summed E-state index contributed by atoms with van der Waals surface area (Å²) >= 11 is 0. The molecule has 33 heavy (non-hydrogen) atoms. The van der Waals surface area contributed by atoms with Crippen molar-refractivity contribution in [3.63, 3.8) is 0 Å². The average Bonchev–Trinajstić information content (AvgIpc) is 2.79.